The molecule has 0 bridgehead atoms. The lowest BCUT2D eigenvalue weighted by atomic mass is 10.0. The van der Waals surface area contributed by atoms with Crippen LogP contribution in [0.3, 0.4) is 0 Å². The van der Waals surface area contributed by atoms with Crippen LogP contribution < -0.4 is 11.1 Å². The first-order valence-corrected chi connectivity index (χ1v) is 9.32. The largest absolute Gasteiger partial charge is 0.506 e. The Balaban J connectivity index is 1.94. The van der Waals surface area contributed by atoms with Crippen LogP contribution in [0.15, 0.2) is 52.8 Å². The van der Waals surface area contributed by atoms with Gasteiger partial charge >= 0.3 is 0 Å². The van der Waals surface area contributed by atoms with Gasteiger partial charge in [0.05, 0.1) is 16.6 Å². The number of nitrogens with two attached hydrogens (primary N) is 1. The maximum Gasteiger partial charge on any atom is 0.252 e. The summed E-state index contributed by atoms with van der Waals surface area (Å²) in [5.41, 5.74) is 7.22. The van der Waals surface area contributed by atoms with E-state index in [1.165, 1.54) is 17.6 Å². The number of hydrogen-bond donors (Lipinski definition) is 3. The number of pyridine rings is 1. The third-order valence-corrected chi connectivity index (χ3v) is 4.97. The molecule has 0 unspecified atom stereocenters. The lowest BCUT2D eigenvalue weighted by molar-refractivity contribution is 0.0998. The summed E-state index contributed by atoms with van der Waals surface area (Å²) in [4.78, 5) is 16.0. The minimum Gasteiger partial charge on any atom is -0.506 e. The number of anilines is 1. The van der Waals surface area contributed by atoms with Crippen LogP contribution >= 0.6 is 11.5 Å². The van der Waals surface area contributed by atoms with E-state index in [0.29, 0.717) is 33.7 Å². The molecule has 0 saturated heterocycles. The summed E-state index contributed by atoms with van der Waals surface area (Å²) >= 11 is 1.19. The van der Waals surface area contributed by atoms with Crippen molar-refractivity contribution < 1.29 is 9.90 Å². The minimum absolute atomic E-state index is 0.00840. The molecule has 9 heteroatoms. The van der Waals surface area contributed by atoms with Crippen molar-refractivity contribution in [3.8, 4) is 5.75 Å². The first kappa shape index (κ1) is 17.8. The van der Waals surface area contributed by atoms with Crippen LogP contribution in [0.25, 0.3) is 21.8 Å². The van der Waals surface area contributed by atoms with Crippen LogP contribution in [-0.2, 0) is 0 Å². The Hall–Kier alpha value is -3.59. The maximum atomic E-state index is 11.8. The monoisotopic (exact) mass is 392 g/mol. The van der Waals surface area contributed by atoms with Crippen LogP contribution in [-0.4, -0.2) is 26.9 Å². The highest BCUT2D eigenvalue weighted by Gasteiger charge is 2.17. The normalized spacial score (nSPS) is 11.5. The zero-order chi connectivity index (χ0) is 19.7. The molecule has 8 nitrogen and oxygen atoms in total. The zero-order valence-corrected chi connectivity index (χ0v) is 15.7. The summed E-state index contributed by atoms with van der Waals surface area (Å²) in [6.07, 6.45) is 1.66. The Labute approximate surface area is 163 Å². The van der Waals surface area contributed by atoms with E-state index in [1.54, 1.807) is 24.4 Å². The van der Waals surface area contributed by atoms with E-state index in [4.69, 9.17) is 5.73 Å². The molecule has 2 aromatic heterocycles. The predicted molar refractivity (Wildman–Crippen MR) is 110 cm³/mol. The van der Waals surface area contributed by atoms with E-state index in [9.17, 15) is 9.90 Å². The molecule has 4 rings (SSSR count). The second-order valence-corrected chi connectivity index (χ2v) is 6.73. The number of aromatic hydroxyl groups is 1. The highest BCUT2D eigenvalue weighted by Crippen LogP contribution is 2.41. The average Bonchev–Trinajstić information content (AvgIpc) is 3.11. The van der Waals surface area contributed by atoms with Gasteiger partial charge in [0.1, 0.15) is 5.75 Å². The Morgan fingerprint density at radius 3 is 2.86 bits per heavy atom. The highest BCUT2D eigenvalue weighted by molar-refractivity contribution is 7.11. The molecule has 0 spiro atoms. The fourth-order valence-corrected chi connectivity index (χ4v) is 3.65. The fraction of sp³-hybridized carbons (Fsp3) is 0.105. The van der Waals surface area contributed by atoms with E-state index in [-0.39, 0.29) is 11.3 Å². The summed E-state index contributed by atoms with van der Waals surface area (Å²) in [5, 5.41) is 25.0. The first-order chi connectivity index (χ1) is 13.6. The number of azo groups is 1. The molecule has 0 saturated carbocycles. The summed E-state index contributed by atoms with van der Waals surface area (Å²) in [5.74, 6) is -0.911. The first-order valence-electron chi connectivity index (χ1n) is 8.54. The van der Waals surface area contributed by atoms with Crippen molar-refractivity contribution in [2.24, 2.45) is 16.0 Å². The molecule has 0 fully saturated rings. The van der Waals surface area contributed by atoms with Crippen LogP contribution in [0.5, 0.6) is 5.75 Å². The molecule has 0 aliphatic heterocycles. The van der Waals surface area contributed by atoms with Gasteiger partial charge in [-0.2, -0.15) is 4.37 Å². The van der Waals surface area contributed by atoms with Gasteiger partial charge in [0.25, 0.3) is 5.91 Å². The Morgan fingerprint density at radius 1 is 1.25 bits per heavy atom. The van der Waals surface area contributed by atoms with Crippen LogP contribution in [0.2, 0.25) is 0 Å². The molecule has 28 heavy (non-hydrogen) atoms. The molecule has 4 N–H and O–H groups in total. The van der Waals surface area contributed by atoms with Crippen molar-refractivity contribution in [3.05, 3.63) is 48.2 Å². The molecule has 1 amide bonds. The van der Waals surface area contributed by atoms with Crippen LogP contribution in [0.4, 0.5) is 16.4 Å². The van der Waals surface area contributed by atoms with Gasteiger partial charge in [-0.3, -0.25) is 4.79 Å². The molecule has 140 valence electrons. The molecular weight excluding hydrogens is 376 g/mol. The Morgan fingerprint density at radius 2 is 2.07 bits per heavy atom. The summed E-state index contributed by atoms with van der Waals surface area (Å²) in [6.45, 7) is 2.65. The van der Waals surface area contributed by atoms with E-state index in [1.807, 2.05) is 19.1 Å². The number of primary amides is 1. The molecule has 2 heterocycles. The lowest BCUT2D eigenvalue weighted by Crippen LogP contribution is -2.11. The Kier molecular flexibility index (Phi) is 4.58. The molecule has 0 aliphatic carbocycles. The molecular formula is C19H16N6O2S. The zero-order valence-electron chi connectivity index (χ0n) is 14.9. The third-order valence-electron chi connectivity index (χ3n) is 4.23. The van der Waals surface area contributed by atoms with Crippen molar-refractivity contribution in [1.29, 1.82) is 0 Å². The van der Waals surface area contributed by atoms with E-state index in [0.717, 1.165) is 11.1 Å². The van der Waals surface area contributed by atoms with Crippen molar-refractivity contribution in [2.75, 3.05) is 11.9 Å². The van der Waals surface area contributed by atoms with Crippen LogP contribution in [0.1, 0.15) is 17.3 Å². The maximum absolute atomic E-state index is 11.8. The van der Waals surface area contributed by atoms with Gasteiger partial charge in [0, 0.05) is 29.2 Å². The topological polar surface area (TPSA) is 126 Å². The number of benzene rings is 2. The smallest absolute Gasteiger partial charge is 0.252 e. The number of hydrogen-bond acceptors (Lipinski definition) is 8. The summed E-state index contributed by atoms with van der Waals surface area (Å²) in [7, 11) is 0. The standard InChI is InChI=1S/C19H16N6O2S/c1-2-21-13-7-3-5-10-15(13)14(9-12(16(10)26)17(20)27)23-24-19-11-6-4-8-22-18(11)25-28-19/h3-9,21,26H,2H2,1H3,(H2,20,27)/b24-23+. The van der Waals surface area contributed by atoms with Gasteiger partial charge in [0.15, 0.2) is 10.6 Å². The number of rotatable bonds is 5. The van der Waals surface area contributed by atoms with E-state index >= 15 is 0 Å². The molecule has 0 radical (unpaired) electrons. The SMILES string of the molecule is CCNc1cccc2c(O)c(C(N)=O)cc(/N=N/c3snc4ncccc34)c12. The van der Waals surface area contributed by atoms with E-state index in [2.05, 4.69) is 24.9 Å². The van der Waals surface area contributed by atoms with Crippen LogP contribution in [0, 0.1) is 0 Å². The Bertz CT molecular complexity index is 1230. The van der Waals surface area contributed by atoms with Crippen molar-refractivity contribution in [1.82, 2.24) is 9.36 Å². The van der Waals surface area contributed by atoms with Gasteiger partial charge in [-0.05, 0) is 42.7 Å². The molecule has 0 atom stereocenters. The second-order valence-electron chi connectivity index (χ2n) is 5.98. The summed E-state index contributed by atoms with van der Waals surface area (Å²) in [6, 6.07) is 10.5. The van der Waals surface area contributed by atoms with Crippen molar-refractivity contribution >= 4 is 55.6 Å². The van der Waals surface area contributed by atoms with E-state index < -0.39 is 5.91 Å². The van der Waals surface area contributed by atoms with Gasteiger partial charge in [-0.1, -0.05) is 12.1 Å². The number of aromatic nitrogens is 2. The fourth-order valence-electron chi connectivity index (χ4n) is 3.00. The highest BCUT2D eigenvalue weighted by atomic mass is 32.1. The minimum atomic E-state index is -0.739. The van der Waals surface area contributed by atoms with Gasteiger partial charge < -0.3 is 16.2 Å². The number of nitrogens with one attached hydrogen (secondary N) is 1. The van der Waals surface area contributed by atoms with Crippen molar-refractivity contribution in [2.45, 2.75) is 6.92 Å². The van der Waals surface area contributed by atoms with Gasteiger partial charge in [-0.25, -0.2) is 4.98 Å². The predicted octanol–water partition coefficient (Wildman–Crippen LogP) is 4.50. The second kappa shape index (κ2) is 7.20. The van der Waals surface area contributed by atoms with Gasteiger partial charge in [0.2, 0.25) is 0 Å². The number of phenols is 1. The molecule has 2 aromatic carbocycles. The number of carbonyl (C=O) groups excluding carboxylic acids is 1. The third kappa shape index (κ3) is 3.01. The number of nitrogens with zero attached hydrogens (tertiary/aromatic N) is 4. The molecule has 0 aliphatic rings. The average molecular weight is 392 g/mol. The number of fused-ring (bicyclic) bond motifs is 2. The van der Waals surface area contributed by atoms with Crippen molar-refractivity contribution in [3.63, 3.8) is 0 Å². The summed E-state index contributed by atoms with van der Waals surface area (Å²) < 4.78 is 4.25. The number of carbonyl (C=O) groups is 1. The lowest BCUT2D eigenvalue weighted by Gasteiger charge is -2.13. The van der Waals surface area contributed by atoms with Gasteiger partial charge in [-0.15, -0.1) is 10.2 Å². The number of amides is 1. The quantitative estimate of drug-likeness (QED) is 0.431. The molecule has 4 aromatic rings.